The van der Waals surface area contributed by atoms with Crippen molar-refractivity contribution in [3.63, 3.8) is 0 Å². The highest BCUT2D eigenvalue weighted by molar-refractivity contribution is 7.92. The van der Waals surface area contributed by atoms with Gasteiger partial charge in [0.25, 0.3) is 0 Å². The van der Waals surface area contributed by atoms with Gasteiger partial charge in [-0.3, -0.25) is 9.71 Å². The summed E-state index contributed by atoms with van der Waals surface area (Å²) in [6.45, 7) is 0. The van der Waals surface area contributed by atoms with Gasteiger partial charge in [-0.05, 0) is 42.0 Å². The minimum Gasteiger partial charge on any atom is -0.383 e. The van der Waals surface area contributed by atoms with Gasteiger partial charge in [0.05, 0.1) is 23.0 Å². The lowest BCUT2D eigenvalue weighted by molar-refractivity contribution is 0.521. The van der Waals surface area contributed by atoms with Crippen LogP contribution in [0.25, 0.3) is 33.4 Å². The molecule has 3 aromatic heterocycles. The van der Waals surface area contributed by atoms with Gasteiger partial charge >= 0.3 is 0 Å². The van der Waals surface area contributed by atoms with E-state index in [1.165, 1.54) is 26.4 Å². The van der Waals surface area contributed by atoms with E-state index in [4.69, 9.17) is 10.7 Å². The molecule has 0 aliphatic rings. The fourth-order valence-electron chi connectivity index (χ4n) is 3.35. The highest BCUT2D eigenvalue weighted by Crippen LogP contribution is 2.31. The number of aromatic nitrogens is 3. The second-order valence-electron chi connectivity index (χ2n) is 7.77. The van der Waals surface area contributed by atoms with Crippen molar-refractivity contribution in [1.29, 1.82) is 0 Å². The molecule has 0 saturated carbocycles. The van der Waals surface area contributed by atoms with Crippen molar-refractivity contribution < 1.29 is 16.8 Å². The van der Waals surface area contributed by atoms with E-state index in [-0.39, 0.29) is 10.7 Å². The molecule has 0 amide bonds. The van der Waals surface area contributed by atoms with Crippen molar-refractivity contribution in [2.45, 2.75) is 4.90 Å². The first-order chi connectivity index (χ1) is 16.0. The van der Waals surface area contributed by atoms with Crippen molar-refractivity contribution in [3.05, 3.63) is 60.9 Å². The quantitative estimate of drug-likeness (QED) is 0.412. The fourth-order valence-corrected chi connectivity index (χ4v) is 4.90. The second-order valence-corrected chi connectivity index (χ2v) is 11.6. The van der Waals surface area contributed by atoms with E-state index in [2.05, 4.69) is 14.7 Å². The molecule has 0 saturated heterocycles. The van der Waals surface area contributed by atoms with Gasteiger partial charge in [0.1, 0.15) is 10.7 Å². The Balaban J connectivity index is 1.81. The van der Waals surface area contributed by atoms with Crippen LogP contribution in [0.4, 0.5) is 11.5 Å². The summed E-state index contributed by atoms with van der Waals surface area (Å²) in [6.07, 6.45) is 4.22. The molecule has 3 N–H and O–H groups in total. The fraction of sp³-hybridized carbons (Fsp3) is 0.136. The molecule has 12 heteroatoms. The van der Waals surface area contributed by atoms with Gasteiger partial charge in [-0.15, -0.1) is 0 Å². The van der Waals surface area contributed by atoms with Gasteiger partial charge in [0, 0.05) is 43.3 Å². The monoisotopic (exact) mass is 498 g/mol. The lowest BCUT2D eigenvalue weighted by Crippen LogP contribution is -2.23. The number of hydrogen-bond acceptors (Lipinski definition) is 8. The van der Waals surface area contributed by atoms with Crippen LogP contribution in [-0.4, -0.2) is 56.4 Å². The Morgan fingerprint density at radius 3 is 2.26 bits per heavy atom. The van der Waals surface area contributed by atoms with Gasteiger partial charge < -0.3 is 5.73 Å². The van der Waals surface area contributed by atoms with Gasteiger partial charge in [0.15, 0.2) is 0 Å². The molecule has 4 aromatic rings. The van der Waals surface area contributed by atoms with E-state index in [0.717, 1.165) is 21.7 Å². The number of pyridine rings is 3. The molecule has 10 nitrogen and oxygen atoms in total. The summed E-state index contributed by atoms with van der Waals surface area (Å²) < 4.78 is 51.7. The summed E-state index contributed by atoms with van der Waals surface area (Å²) >= 11 is 0. The van der Waals surface area contributed by atoms with Crippen LogP contribution in [0.15, 0.2) is 65.8 Å². The maximum absolute atomic E-state index is 12.6. The van der Waals surface area contributed by atoms with Crippen LogP contribution in [0.2, 0.25) is 0 Å². The number of benzene rings is 1. The topological polar surface area (TPSA) is 148 Å². The molecule has 0 aliphatic heterocycles. The number of hydrogen-bond donors (Lipinski definition) is 2. The number of fused-ring (bicyclic) bond motifs is 1. The Morgan fingerprint density at radius 1 is 0.912 bits per heavy atom. The van der Waals surface area contributed by atoms with E-state index in [0.29, 0.717) is 28.0 Å². The molecule has 176 valence electrons. The van der Waals surface area contributed by atoms with Crippen molar-refractivity contribution in [2.75, 3.05) is 30.8 Å². The first-order valence-corrected chi connectivity index (χ1v) is 13.3. The Kier molecular flexibility index (Phi) is 5.98. The maximum Gasteiger partial charge on any atom is 0.246 e. The minimum absolute atomic E-state index is 0.0941. The highest BCUT2D eigenvalue weighted by Gasteiger charge is 2.22. The zero-order chi connectivity index (χ0) is 24.7. The van der Waals surface area contributed by atoms with Crippen molar-refractivity contribution in [2.24, 2.45) is 0 Å². The normalized spacial score (nSPS) is 12.2. The van der Waals surface area contributed by atoms with Gasteiger partial charge in [-0.2, -0.15) is 0 Å². The smallest absolute Gasteiger partial charge is 0.246 e. The lowest BCUT2D eigenvalue weighted by atomic mass is 10.0. The number of nitrogen functional groups attached to an aromatic ring is 1. The van der Waals surface area contributed by atoms with Crippen LogP contribution in [0.5, 0.6) is 0 Å². The molecule has 3 heterocycles. The van der Waals surface area contributed by atoms with Crippen LogP contribution in [0, 0.1) is 0 Å². The second kappa shape index (κ2) is 8.63. The SMILES string of the molecule is CN(C)S(=O)(=O)c1cc(-c2ccc3nccc(-c4ccc(NS(C)(=O)=O)cc4)c3n2)cnc1N. The van der Waals surface area contributed by atoms with Gasteiger partial charge in [0.2, 0.25) is 20.0 Å². The number of nitrogens with one attached hydrogen (secondary N) is 1. The van der Waals surface area contributed by atoms with Crippen LogP contribution >= 0.6 is 0 Å². The summed E-state index contributed by atoms with van der Waals surface area (Å²) in [4.78, 5) is 13.1. The molecule has 1 aromatic carbocycles. The molecule has 0 radical (unpaired) electrons. The van der Waals surface area contributed by atoms with Gasteiger partial charge in [-0.25, -0.2) is 31.1 Å². The Hall–Kier alpha value is -3.61. The number of rotatable bonds is 6. The van der Waals surface area contributed by atoms with E-state index in [1.807, 2.05) is 0 Å². The van der Waals surface area contributed by atoms with Crippen molar-refractivity contribution >= 4 is 42.6 Å². The predicted octanol–water partition coefficient (Wildman–Crippen LogP) is 2.56. The molecule has 34 heavy (non-hydrogen) atoms. The summed E-state index contributed by atoms with van der Waals surface area (Å²) in [6, 6.07) is 13.7. The van der Waals surface area contributed by atoms with Gasteiger partial charge in [-0.1, -0.05) is 12.1 Å². The molecule has 0 unspecified atom stereocenters. The van der Waals surface area contributed by atoms with Crippen LogP contribution in [0.1, 0.15) is 0 Å². The predicted molar refractivity (Wildman–Crippen MR) is 132 cm³/mol. The molecule has 0 aliphatic carbocycles. The number of sulfonamides is 2. The lowest BCUT2D eigenvalue weighted by Gasteiger charge is -2.14. The average molecular weight is 499 g/mol. The maximum atomic E-state index is 12.6. The standard InChI is InChI=1S/C22H22N6O4S2/c1-28(2)34(31,32)20-12-15(13-25-22(20)23)18-8-9-19-21(26-18)17(10-11-24-19)14-4-6-16(7-5-14)27-33(3,29)30/h4-13,27H,1-3H3,(H2,23,25). The zero-order valence-electron chi connectivity index (χ0n) is 18.6. The molecule has 0 atom stereocenters. The largest absolute Gasteiger partial charge is 0.383 e. The summed E-state index contributed by atoms with van der Waals surface area (Å²) in [5, 5.41) is 0. The molecule has 0 spiro atoms. The van der Waals surface area contributed by atoms with Crippen LogP contribution in [-0.2, 0) is 20.0 Å². The first kappa shape index (κ1) is 23.5. The summed E-state index contributed by atoms with van der Waals surface area (Å²) in [7, 11) is -4.33. The van der Waals surface area contributed by atoms with Crippen LogP contribution < -0.4 is 10.5 Å². The number of anilines is 2. The van der Waals surface area contributed by atoms with E-state index >= 15 is 0 Å². The van der Waals surface area contributed by atoms with Crippen LogP contribution in [0.3, 0.4) is 0 Å². The molecule has 4 rings (SSSR count). The molecule has 0 bridgehead atoms. The average Bonchev–Trinajstić information content (AvgIpc) is 2.78. The third kappa shape index (κ3) is 4.69. The van der Waals surface area contributed by atoms with Crippen molar-refractivity contribution in [3.8, 4) is 22.4 Å². The van der Waals surface area contributed by atoms with Crippen molar-refractivity contribution in [1.82, 2.24) is 19.3 Å². The minimum atomic E-state index is -3.79. The third-order valence-corrected chi connectivity index (χ3v) is 7.47. The summed E-state index contributed by atoms with van der Waals surface area (Å²) in [5.41, 5.74) is 10.1. The molecular formula is C22H22N6O4S2. The summed E-state index contributed by atoms with van der Waals surface area (Å²) in [5.74, 6) is -0.0941. The number of nitrogens with zero attached hydrogens (tertiary/aromatic N) is 4. The van der Waals surface area contributed by atoms with E-state index in [9.17, 15) is 16.8 Å². The highest BCUT2D eigenvalue weighted by atomic mass is 32.2. The Labute approximate surface area is 197 Å². The number of nitrogens with two attached hydrogens (primary N) is 1. The Bertz CT molecular complexity index is 1600. The zero-order valence-corrected chi connectivity index (χ0v) is 20.2. The third-order valence-electron chi connectivity index (χ3n) is 5.02. The first-order valence-electron chi connectivity index (χ1n) is 9.98. The van der Waals surface area contributed by atoms with E-state index < -0.39 is 20.0 Å². The molecular weight excluding hydrogens is 476 g/mol. The molecule has 0 fully saturated rings. The Morgan fingerprint density at radius 2 is 1.62 bits per heavy atom. The van der Waals surface area contributed by atoms with E-state index in [1.54, 1.807) is 48.7 Å².